The van der Waals surface area contributed by atoms with E-state index in [-0.39, 0.29) is 11.6 Å². The van der Waals surface area contributed by atoms with E-state index < -0.39 is 11.7 Å². The van der Waals surface area contributed by atoms with E-state index in [9.17, 15) is 13.2 Å². The Morgan fingerprint density at radius 1 is 1.11 bits per heavy atom. The molecule has 0 saturated heterocycles. The maximum atomic E-state index is 12.5. The normalized spacial score (nSPS) is 11.3. The van der Waals surface area contributed by atoms with Gasteiger partial charge in [-0.05, 0) is 24.3 Å². The molecule has 0 fully saturated rings. The Hall–Kier alpha value is -2.24. The predicted octanol–water partition coefficient (Wildman–Crippen LogP) is 3.47. The van der Waals surface area contributed by atoms with E-state index in [0.717, 1.165) is 12.1 Å². The lowest BCUT2D eigenvalue weighted by Crippen LogP contribution is -2.04. The fourth-order valence-electron chi connectivity index (χ4n) is 1.31. The molecule has 0 atom stereocenters. The lowest BCUT2D eigenvalue weighted by molar-refractivity contribution is -0.137. The fraction of sp³-hybridized carbons (Fsp3) is 0.0833. The van der Waals surface area contributed by atoms with Crippen molar-refractivity contribution in [1.82, 2.24) is 4.98 Å². The van der Waals surface area contributed by atoms with Crippen LogP contribution in [0.3, 0.4) is 0 Å². The van der Waals surface area contributed by atoms with Crippen LogP contribution in [0.4, 0.5) is 18.9 Å². The number of hydrogen-bond donors (Lipinski definition) is 1. The van der Waals surface area contributed by atoms with Crippen molar-refractivity contribution in [3.63, 3.8) is 0 Å². The molecule has 0 aliphatic rings. The zero-order valence-corrected chi connectivity index (χ0v) is 9.11. The number of benzene rings is 1. The number of aromatic nitrogens is 1. The molecular weight excluding hydrogens is 245 g/mol. The summed E-state index contributed by atoms with van der Waals surface area (Å²) in [5, 5.41) is 0. The van der Waals surface area contributed by atoms with Gasteiger partial charge in [0.1, 0.15) is 5.75 Å². The van der Waals surface area contributed by atoms with E-state index in [1.165, 1.54) is 24.4 Å². The zero-order chi connectivity index (χ0) is 13.2. The van der Waals surface area contributed by atoms with Gasteiger partial charge in [-0.2, -0.15) is 13.2 Å². The summed E-state index contributed by atoms with van der Waals surface area (Å²) in [6, 6.07) is 7.62. The van der Waals surface area contributed by atoms with Crippen LogP contribution in [0, 0.1) is 0 Å². The predicted molar refractivity (Wildman–Crippen MR) is 60.2 cm³/mol. The first-order chi connectivity index (χ1) is 8.45. The van der Waals surface area contributed by atoms with Crippen LogP contribution in [-0.2, 0) is 6.18 Å². The number of alkyl halides is 3. The third-order valence-electron chi connectivity index (χ3n) is 2.14. The molecule has 1 aromatic carbocycles. The van der Waals surface area contributed by atoms with Gasteiger partial charge >= 0.3 is 6.18 Å². The fourth-order valence-corrected chi connectivity index (χ4v) is 1.31. The van der Waals surface area contributed by atoms with Crippen molar-refractivity contribution in [2.75, 3.05) is 5.73 Å². The van der Waals surface area contributed by atoms with Gasteiger partial charge in [0.15, 0.2) is 0 Å². The molecule has 6 heteroatoms. The highest BCUT2D eigenvalue weighted by Gasteiger charge is 2.30. The number of halogens is 3. The second-order valence-electron chi connectivity index (χ2n) is 3.56. The number of pyridine rings is 1. The molecule has 0 saturated carbocycles. The lowest BCUT2D eigenvalue weighted by atomic mass is 10.2. The number of anilines is 1. The minimum absolute atomic E-state index is 0.0714. The highest BCUT2D eigenvalue weighted by molar-refractivity contribution is 5.38. The molecule has 2 aromatic rings. The molecule has 0 spiro atoms. The van der Waals surface area contributed by atoms with Crippen molar-refractivity contribution in [3.8, 4) is 11.6 Å². The van der Waals surface area contributed by atoms with E-state index in [0.29, 0.717) is 5.69 Å². The minimum Gasteiger partial charge on any atom is -0.439 e. The van der Waals surface area contributed by atoms with Crippen LogP contribution in [0.5, 0.6) is 11.6 Å². The molecule has 1 aromatic heterocycles. The Bertz CT molecular complexity index is 538. The van der Waals surface area contributed by atoms with Crippen LogP contribution in [0.25, 0.3) is 0 Å². The number of nitrogens with zero attached hydrogens (tertiary/aromatic N) is 1. The maximum Gasteiger partial charge on any atom is 0.416 e. The minimum atomic E-state index is -4.39. The summed E-state index contributed by atoms with van der Waals surface area (Å²) in [4.78, 5) is 3.84. The lowest BCUT2D eigenvalue weighted by Gasteiger charge is -2.09. The Labute approximate surface area is 101 Å². The first-order valence-corrected chi connectivity index (χ1v) is 5.02. The van der Waals surface area contributed by atoms with Gasteiger partial charge in [0.05, 0.1) is 17.4 Å². The van der Waals surface area contributed by atoms with Gasteiger partial charge in [-0.15, -0.1) is 0 Å². The Kier molecular flexibility index (Phi) is 3.10. The monoisotopic (exact) mass is 254 g/mol. The van der Waals surface area contributed by atoms with Gasteiger partial charge in [0.25, 0.3) is 0 Å². The van der Waals surface area contributed by atoms with Crippen molar-refractivity contribution >= 4 is 5.69 Å². The van der Waals surface area contributed by atoms with Gasteiger partial charge in [-0.1, -0.05) is 6.07 Å². The molecule has 0 amide bonds. The summed E-state index contributed by atoms with van der Waals surface area (Å²) in [5.41, 5.74) is 5.12. The standard InChI is InChI=1S/C12H9F3N2O/c13-12(14,15)8-2-1-3-10(6-8)18-11-5-4-9(16)7-17-11/h1-7H,16H2. The first kappa shape index (κ1) is 12.2. The molecule has 94 valence electrons. The molecule has 0 bridgehead atoms. The van der Waals surface area contributed by atoms with Gasteiger partial charge < -0.3 is 10.5 Å². The van der Waals surface area contributed by atoms with Crippen LogP contribution in [-0.4, -0.2) is 4.98 Å². The third-order valence-corrected chi connectivity index (χ3v) is 2.14. The van der Waals surface area contributed by atoms with Crippen LogP contribution >= 0.6 is 0 Å². The summed E-state index contributed by atoms with van der Waals surface area (Å²) in [6.45, 7) is 0. The molecule has 0 unspecified atom stereocenters. The summed E-state index contributed by atoms with van der Waals surface area (Å²) < 4.78 is 42.6. The molecule has 0 aliphatic heterocycles. The van der Waals surface area contributed by atoms with Crippen molar-refractivity contribution in [2.24, 2.45) is 0 Å². The second kappa shape index (κ2) is 4.56. The number of ether oxygens (including phenoxy) is 1. The Morgan fingerprint density at radius 2 is 1.89 bits per heavy atom. The molecule has 1 heterocycles. The van der Waals surface area contributed by atoms with Crippen LogP contribution in [0.2, 0.25) is 0 Å². The van der Waals surface area contributed by atoms with Crippen molar-refractivity contribution in [2.45, 2.75) is 6.18 Å². The van der Waals surface area contributed by atoms with Gasteiger partial charge in [0, 0.05) is 6.07 Å². The molecule has 18 heavy (non-hydrogen) atoms. The Morgan fingerprint density at radius 3 is 2.50 bits per heavy atom. The topological polar surface area (TPSA) is 48.1 Å². The van der Waals surface area contributed by atoms with Crippen molar-refractivity contribution in [3.05, 3.63) is 48.2 Å². The van der Waals surface area contributed by atoms with Crippen LogP contribution < -0.4 is 10.5 Å². The second-order valence-corrected chi connectivity index (χ2v) is 3.56. The molecule has 0 radical (unpaired) electrons. The summed E-state index contributed by atoms with van der Waals surface area (Å²) in [7, 11) is 0. The van der Waals surface area contributed by atoms with Gasteiger partial charge in [-0.3, -0.25) is 0 Å². The number of hydrogen-bond acceptors (Lipinski definition) is 3. The average Bonchev–Trinajstić information content (AvgIpc) is 2.31. The molecular formula is C12H9F3N2O. The van der Waals surface area contributed by atoms with Gasteiger partial charge in [0.2, 0.25) is 5.88 Å². The third kappa shape index (κ3) is 2.91. The van der Waals surface area contributed by atoms with Crippen molar-refractivity contribution in [1.29, 1.82) is 0 Å². The van der Waals surface area contributed by atoms with E-state index in [1.807, 2.05) is 0 Å². The largest absolute Gasteiger partial charge is 0.439 e. The number of nitrogen functional groups attached to an aromatic ring is 1. The quantitative estimate of drug-likeness (QED) is 0.892. The zero-order valence-electron chi connectivity index (χ0n) is 9.11. The molecule has 2 rings (SSSR count). The Balaban J connectivity index is 2.22. The number of nitrogens with two attached hydrogens (primary N) is 1. The van der Waals surface area contributed by atoms with E-state index in [1.54, 1.807) is 6.07 Å². The summed E-state index contributed by atoms with van der Waals surface area (Å²) in [6.07, 6.45) is -3.03. The average molecular weight is 254 g/mol. The van der Waals surface area contributed by atoms with E-state index in [2.05, 4.69) is 4.98 Å². The highest BCUT2D eigenvalue weighted by atomic mass is 19.4. The summed E-state index contributed by atoms with van der Waals surface area (Å²) in [5.74, 6) is 0.255. The highest BCUT2D eigenvalue weighted by Crippen LogP contribution is 2.32. The van der Waals surface area contributed by atoms with Crippen LogP contribution in [0.1, 0.15) is 5.56 Å². The first-order valence-electron chi connectivity index (χ1n) is 5.02. The van der Waals surface area contributed by atoms with E-state index in [4.69, 9.17) is 10.5 Å². The molecule has 0 aliphatic carbocycles. The van der Waals surface area contributed by atoms with Crippen LogP contribution in [0.15, 0.2) is 42.6 Å². The molecule has 2 N–H and O–H groups in total. The maximum absolute atomic E-state index is 12.5. The van der Waals surface area contributed by atoms with E-state index >= 15 is 0 Å². The number of rotatable bonds is 2. The smallest absolute Gasteiger partial charge is 0.416 e. The SMILES string of the molecule is Nc1ccc(Oc2cccc(C(F)(F)F)c2)nc1. The summed E-state index contributed by atoms with van der Waals surface area (Å²) >= 11 is 0. The van der Waals surface area contributed by atoms with Crippen molar-refractivity contribution < 1.29 is 17.9 Å². The molecule has 3 nitrogen and oxygen atoms in total. The van der Waals surface area contributed by atoms with Gasteiger partial charge in [-0.25, -0.2) is 4.98 Å².